The van der Waals surface area contributed by atoms with E-state index in [2.05, 4.69) is 66.8 Å². The molecule has 1 saturated carbocycles. The van der Waals surface area contributed by atoms with Crippen LogP contribution in [0.4, 0.5) is 5.69 Å². The van der Waals surface area contributed by atoms with E-state index in [1.54, 1.807) is 0 Å². The van der Waals surface area contributed by atoms with Crippen LogP contribution in [-0.2, 0) is 14.9 Å². The second kappa shape index (κ2) is 5.47. The van der Waals surface area contributed by atoms with E-state index in [1.165, 1.54) is 11.1 Å². The van der Waals surface area contributed by atoms with Gasteiger partial charge in [-0.3, -0.25) is 4.79 Å². The van der Waals surface area contributed by atoms with Gasteiger partial charge in [0.2, 0.25) is 0 Å². The van der Waals surface area contributed by atoms with Crippen molar-refractivity contribution in [1.82, 2.24) is 0 Å². The Morgan fingerprint density at radius 2 is 1.92 bits per heavy atom. The fourth-order valence-electron chi connectivity index (χ4n) is 5.36. The van der Waals surface area contributed by atoms with Crippen molar-refractivity contribution in [1.29, 1.82) is 0 Å². The normalized spacial score (nSPS) is 32.3. The van der Waals surface area contributed by atoms with Crippen molar-refractivity contribution in [3.05, 3.63) is 71.3 Å². The van der Waals surface area contributed by atoms with Gasteiger partial charge in [-0.05, 0) is 41.7 Å². The molecule has 132 valence electrons. The number of nitrogens with one attached hydrogen (secondary N) is 1. The van der Waals surface area contributed by atoms with Crippen molar-refractivity contribution in [2.75, 3.05) is 5.32 Å². The Balaban J connectivity index is 1.69. The molecular formula is C23H23NO2. The van der Waals surface area contributed by atoms with Crippen molar-refractivity contribution < 1.29 is 9.53 Å². The Bertz CT molecular complexity index is 903. The molecule has 3 heteroatoms. The highest BCUT2D eigenvalue weighted by Crippen LogP contribution is 2.69. The quantitative estimate of drug-likeness (QED) is 0.817. The number of carbonyl (C=O) groups excluding carboxylic acids is 1. The van der Waals surface area contributed by atoms with E-state index in [0.717, 1.165) is 30.5 Å². The lowest BCUT2D eigenvalue weighted by molar-refractivity contribution is -0.150. The molecule has 0 amide bonds. The first kappa shape index (κ1) is 15.7. The van der Waals surface area contributed by atoms with Crippen LogP contribution >= 0.6 is 0 Å². The second-order valence-electron chi connectivity index (χ2n) is 7.69. The molecule has 3 aliphatic rings. The number of esters is 1. The predicted octanol–water partition coefficient (Wildman–Crippen LogP) is 4.69. The van der Waals surface area contributed by atoms with E-state index < -0.39 is 5.60 Å². The van der Waals surface area contributed by atoms with Gasteiger partial charge in [-0.2, -0.15) is 0 Å². The summed E-state index contributed by atoms with van der Waals surface area (Å²) in [7, 11) is 0. The number of hydrogen-bond donors (Lipinski definition) is 1. The highest BCUT2D eigenvalue weighted by Gasteiger charge is 2.78. The Morgan fingerprint density at radius 3 is 2.73 bits per heavy atom. The molecule has 1 spiro atoms. The highest BCUT2D eigenvalue weighted by molar-refractivity contribution is 5.88. The number of ether oxygens (including phenoxy) is 1. The molecule has 3 atom stereocenters. The molecule has 0 unspecified atom stereocenters. The average molecular weight is 345 g/mol. The van der Waals surface area contributed by atoms with Crippen molar-refractivity contribution in [2.24, 2.45) is 0 Å². The van der Waals surface area contributed by atoms with Gasteiger partial charge in [0.05, 0.1) is 17.9 Å². The molecule has 26 heavy (non-hydrogen) atoms. The molecule has 1 aliphatic carbocycles. The third-order valence-corrected chi connectivity index (χ3v) is 6.41. The van der Waals surface area contributed by atoms with Crippen molar-refractivity contribution in [3.8, 4) is 0 Å². The second-order valence-corrected chi connectivity index (χ2v) is 7.69. The number of rotatable bonds is 4. The summed E-state index contributed by atoms with van der Waals surface area (Å²) in [4.78, 5) is 12.5. The van der Waals surface area contributed by atoms with Gasteiger partial charge in [0.1, 0.15) is 5.60 Å². The number of hydrogen-bond acceptors (Lipinski definition) is 3. The minimum absolute atomic E-state index is 0.0685. The summed E-state index contributed by atoms with van der Waals surface area (Å²) in [6.45, 7) is 2.19. The van der Waals surface area contributed by atoms with Crippen LogP contribution < -0.4 is 5.32 Å². The summed E-state index contributed by atoms with van der Waals surface area (Å²) in [5.74, 6) is -0.0685. The maximum atomic E-state index is 12.5. The van der Waals surface area contributed by atoms with Crippen molar-refractivity contribution in [3.63, 3.8) is 0 Å². The summed E-state index contributed by atoms with van der Waals surface area (Å²) in [5, 5.41) is 3.69. The molecule has 3 nitrogen and oxygen atoms in total. The van der Waals surface area contributed by atoms with Crippen molar-refractivity contribution >= 4 is 17.7 Å². The number of benzene rings is 2. The van der Waals surface area contributed by atoms with Gasteiger partial charge in [-0.1, -0.05) is 61.9 Å². The zero-order valence-corrected chi connectivity index (χ0v) is 15.0. The molecular weight excluding hydrogens is 322 g/mol. The first-order valence-electron chi connectivity index (χ1n) is 9.56. The molecule has 0 radical (unpaired) electrons. The smallest absolute Gasteiger partial charge is 0.307 e. The van der Waals surface area contributed by atoms with Crippen LogP contribution in [0.3, 0.4) is 0 Å². The highest BCUT2D eigenvalue weighted by atomic mass is 16.6. The molecule has 1 N–H and O–H groups in total. The lowest BCUT2D eigenvalue weighted by Gasteiger charge is -2.57. The van der Waals surface area contributed by atoms with Gasteiger partial charge in [-0.25, -0.2) is 0 Å². The third-order valence-electron chi connectivity index (χ3n) is 6.41. The van der Waals surface area contributed by atoms with Crippen molar-refractivity contribution in [2.45, 2.75) is 49.7 Å². The first-order valence-corrected chi connectivity index (χ1v) is 9.56. The first-order chi connectivity index (χ1) is 12.7. The SMILES string of the molecule is CCCC[C@@]12OC(=O)C[C@@]13c1ccccc1N[C@H]3/C2=C/c1ccccc1. The fourth-order valence-corrected chi connectivity index (χ4v) is 5.36. The number of unbranched alkanes of at least 4 members (excludes halogenated alkanes) is 1. The lowest BCUT2D eigenvalue weighted by Crippen LogP contribution is -2.69. The summed E-state index contributed by atoms with van der Waals surface area (Å²) in [6, 6.07) is 18.9. The topological polar surface area (TPSA) is 38.3 Å². The van der Waals surface area contributed by atoms with Gasteiger partial charge >= 0.3 is 5.97 Å². The van der Waals surface area contributed by atoms with Gasteiger partial charge < -0.3 is 10.1 Å². The lowest BCUT2D eigenvalue weighted by atomic mass is 9.47. The third kappa shape index (κ3) is 1.81. The summed E-state index contributed by atoms with van der Waals surface area (Å²) in [5.41, 5.74) is 4.02. The van der Waals surface area contributed by atoms with E-state index >= 15 is 0 Å². The molecule has 0 aromatic heterocycles. The number of carbonyl (C=O) groups is 1. The van der Waals surface area contributed by atoms with E-state index in [9.17, 15) is 4.79 Å². The Morgan fingerprint density at radius 1 is 1.15 bits per heavy atom. The maximum absolute atomic E-state index is 12.5. The molecule has 2 fully saturated rings. The molecule has 5 rings (SSSR count). The maximum Gasteiger partial charge on any atom is 0.307 e. The summed E-state index contributed by atoms with van der Waals surface area (Å²) >= 11 is 0. The fraction of sp³-hybridized carbons (Fsp3) is 0.348. The van der Waals surface area contributed by atoms with Crippen LogP contribution in [0.15, 0.2) is 60.2 Å². The summed E-state index contributed by atoms with van der Waals surface area (Å²) < 4.78 is 6.15. The molecule has 2 aromatic carbocycles. The molecule has 1 saturated heterocycles. The van der Waals surface area contributed by atoms with Crippen LogP contribution in [0, 0.1) is 0 Å². The van der Waals surface area contributed by atoms with E-state index in [0.29, 0.717) is 6.42 Å². The van der Waals surface area contributed by atoms with Gasteiger partial charge in [-0.15, -0.1) is 0 Å². The monoisotopic (exact) mass is 345 g/mol. The van der Waals surface area contributed by atoms with Crippen LogP contribution in [0.1, 0.15) is 43.7 Å². The number of para-hydroxylation sites is 1. The van der Waals surface area contributed by atoms with Crippen LogP contribution in [0.25, 0.3) is 6.08 Å². The van der Waals surface area contributed by atoms with Gasteiger partial charge in [0.25, 0.3) is 0 Å². The van der Waals surface area contributed by atoms with Gasteiger partial charge in [0.15, 0.2) is 0 Å². The Kier molecular flexibility index (Phi) is 3.30. The molecule has 2 aromatic rings. The number of anilines is 1. The van der Waals surface area contributed by atoms with Crippen LogP contribution in [0.2, 0.25) is 0 Å². The van der Waals surface area contributed by atoms with E-state index in [1.807, 2.05) is 6.07 Å². The minimum Gasteiger partial charge on any atom is -0.453 e. The zero-order chi connectivity index (χ0) is 17.8. The molecule has 0 bridgehead atoms. The average Bonchev–Trinajstić information content (AvgIpc) is 3.10. The van der Waals surface area contributed by atoms with E-state index in [-0.39, 0.29) is 17.4 Å². The summed E-state index contributed by atoms with van der Waals surface area (Å²) in [6.07, 6.45) is 5.73. The van der Waals surface area contributed by atoms with E-state index in [4.69, 9.17) is 4.74 Å². The Hall–Kier alpha value is -2.55. The minimum atomic E-state index is -0.500. The number of fused-ring (bicyclic) bond motifs is 1. The molecule has 2 heterocycles. The standard InChI is InChI=1S/C23H23NO2/c1-2-3-13-23-18(14-16-9-5-4-6-10-16)21-22(23,15-20(25)26-23)17-11-7-8-12-19(17)24-21/h4-12,14,21,24H,2-3,13,15H2,1H3/b18-14-/t21-,22-,23-/m0/s1. The van der Waals surface area contributed by atoms with Crippen LogP contribution in [0.5, 0.6) is 0 Å². The van der Waals surface area contributed by atoms with Gasteiger partial charge in [0, 0.05) is 5.69 Å². The molecule has 2 aliphatic heterocycles. The zero-order valence-electron chi connectivity index (χ0n) is 15.0. The predicted molar refractivity (Wildman–Crippen MR) is 103 cm³/mol. The van der Waals surface area contributed by atoms with Crippen LogP contribution in [-0.4, -0.2) is 17.6 Å². The Labute approximate surface area is 154 Å². The largest absolute Gasteiger partial charge is 0.453 e.